The van der Waals surface area contributed by atoms with Crippen molar-refractivity contribution < 1.29 is 4.74 Å². The molecule has 2 aliphatic heterocycles. The van der Waals surface area contributed by atoms with Gasteiger partial charge in [0.1, 0.15) is 0 Å². The highest BCUT2D eigenvalue weighted by Crippen LogP contribution is 2.28. The summed E-state index contributed by atoms with van der Waals surface area (Å²) in [4.78, 5) is 0. The minimum absolute atomic E-state index is 0.936. The van der Waals surface area contributed by atoms with Crippen LogP contribution in [0.3, 0.4) is 0 Å². The Labute approximate surface area is 81.0 Å². The van der Waals surface area contributed by atoms with E-state index in [-0.39, 0.29) is 0 Å². The molecular weight excluding hydrogens is 162 g/mol. The first-order chi connectivity index (χ1) is 6.47. The molecule has 0 saturated carbocycles. The predicted molar refractivity (Wildman–Crippen MR) is 53.8 cm³/mol. The zero-order chi connectivity index (χ0) is 8.93. The van der Waals surface area contributed by atoms with Crippen molar-refractivity contribution in [1.29, 1.82) is 0 Å². The fraction of sp³-hybridized carbons (Fsp3) is 1.00. The SMILES string of the molecule is C1CC[C@@H](C2CCOCC2)CNC1. The van der Waals surface area contributed by atoms with Crippen molar-refractivity contribution in [2.75, 3.05) is 26.3 Å². The summed E-state index contributed by atoms with van der Waals surface area (Å²) in [5.41, 5.74) is 0. The Kier molecular flexibility index (Phi) is 3.62. The van der Waals surface area contributed by atoms with Crippen LogP contribution in [0.5, 0.6) is 0 Å². The summed E-state index contributed by atoms with van der Waals surface area (Å²) in [5, 5.41) is 3.55. The van der Waals surface area contributed by atoms with Crippen LogP contribution in [0.15, 0.2) is 0 Å². The summed E-state index contributed by atoms with van der Waals surface area (Å²) in [5.74, 6) is 1.88. The van der Waals surface area contributed by atoms with Crippen LogP contribution >= 0.6 is 0 Å². The van der Waals surface area contributed by atoms with Crippen LogP contribution in [-0.2, 0) is 4.74 Å². The van der Waals surface area contributed by atoms with Gasteiger partial charge >= 0.3 is 0 Å². The third kappa shape index (κ3) is 2.68. The van der Waals surface area contributed by atoms with E-state index in [9.17, 15) is 0 Å². The van der Waals surface area contributed by atoms with Crippen molar-refractivity contribution in [3.63, 3.8) is 0 Å². The van der Waals surface area contributed by atoms with Gasteiger partial charge in [-0.2, -0.15) is 0 Å². The molecule has 0 aromatic rings. The van der Waals surface area contributed by atoms with Gasteiger partial charge in [-0.15, -0.1) is 0 Å². The normalized spacial score (nSPS) is 32.8. The molecule has 0 spiro atoms. The second kappa shape index (κ2) is 4.97. The molecule has 1 atom stereocenters. The lowest BCUT2D eigenvalue weighted by Crippen LogP contribution is -2.30. The number of nitrogens with one attached hydrogen (secondary N) is 1. The molecule has 13 heavy (non-hydrogen) atoms. The smallest absolute Gasteiger partial charge is 0.0468 e. The van der Waals surface area contributed by atoms with Crippen molar-refractivity contribution >= 4 is 0 Å². The lowest BCUT2D eigenvalue weighted by atomic mass is 9.83. The average Bonchev–Trinajstić information content (AvgIpc) is 2.47. The van der Waals surface area contributed by atoms with E-state index in [0.717, 1.165) is 25.0 Å². The summed E-state index contributed by atoms with van der Waals surface area (Å²) in [7, 11) is 0. The number of hydrogen-bond donors (Lipinski definition) is 1. The molecular formula is C11H21NO. The molecule has 0 aliphatic carbocycles. The van der Waals surface area contributed by atoms with Crippen molar-refractivity contribution in [2.24, 2.45) is 11.8 Å². The highest BCUT2D eigenvalue weighted by atomic mass is 16.5. The topological polar surface area (TPSA) is 21.3 Å². The van der Waals surface area contributed by atoms with E-state index in [2.05, 4.69) is 5.32 Å². The fourth-order valence-electron chi connectivity index (χ4n) is 2.64. The molecule has 76 valence electrons. The van der Waals surface area contributed by atoms with Gasteiger partial charge in [-0.1, -0.05) is 6.42 Å². The van der Waals surface area contributed by atoms with E-state index in [0.29, 0.717) is 0 Å². The molecule has 2 fully saturated rings. The maximum absolute atomic E-state index is 5.40. The molecule has 0 amide bonds. The Morgan fingerprint density at radius 3 is 2.62 bits per heavy atom. The number of hydrogen-bond acceptors (Lipinski definition) is 2. The van der Waals surface area contributed by atoms with Gasteiger partial charge in [0, 0.05) is 13.2 Å². The number of rotatable bonds is 1. The largest absolute Gasteiger partial charge is 0.381 e. The highest BCUT2D eigenvalue weighted by molar-refractivity contribution is 4.76. The lowest BCUT2D eigenvalue weighted by Gasteiger charge is -2.29. The van der Waals surface area contributed by atoms with Crippen LogP contribution in [0.25, 0.3) is 0 Å². The van der Waals surface area contributed by atoms with Crippen LogP contribution in [0.1, 0.15) is 32.1 Å². The van der Waals surface area contributed by atoms with Crippen molar-refractivity contribution in [2.45, 2.75) is 32.1 Å². The van der Waals surface area contributed by atoms with Crippen molar-refractivity contribution in [3.05, 3.63) is 0 Å². The van der Waals surface area contributed by atoms with E-state index in [1.54, 1.807) is 0 Å². The standard InChI is InChI=1S/C11H21NO/c1-2-6-12-9-11(3-1)10-4-7-13-8-5-10/h10-12H,1-9H2/t11-/m1/s1. The zero-order valence-corrected chi connectivity index (χ0v) is 8.43. The molecule has 0 aromatic heterocycles. The molecule has 2 saturated heterocycles. The molecule has 0 unspecified atom stereocenters. The van der Waals surface area contributed by atoms with Crippen LogP contribution in [-0.4, -0.2) is 26.3 Å². The average molecular weight is 183 g/mol. The minimum atomic E-state index is 0.936. The quantitative estimate of drug-likeness (QED) is 0.669. The molecule has 2 heteroatoms. The summed E-state index contributed by atoms with van der Waals surface area (Å²) in [6, 6.07) is 0. The molecule has 2 heterocycles. The summed E-state index contributed by atoms with van der Waals surface area (Å²) in [6.07, 6.45) is 6.84. The second-order valence-electron chi connectivity index (χ2n) is 4.41. The lowest BCUT2D eigenvalue weighted by molar-refractivity contribution is 0.0457. The van der Waals surface area contributed by atoms with Gasteiger partial charge in [0.05, 0.1) is 0 Å². The summed E-state index contributed by atoms with van der Waals surface area (Å²) >= 11 is 0. The second-order valence-corrected chi connectivity index (χ2v) is 4.41. The first-order valence-electron chi connectivity index (χ1n) is 5.75. The van der Waals surface area contributed by atoms with Crippen LogP contribution in [0, 0.1) is 11.8 Å². The molecule has 1 N–H and O–H groups in total. The van der Waals surface area contributed by atoms with Crippen LogP contribution < -0.4 is 5.32 Å². The van der Waals surface area contributed by atoms with Gasteiger partial charge in [0.25, 0.3) is 0 Å². The third-order valence-electron chi connectivity index (χ3n) is 3.52. The van der Waals surface area contributed by atoms with Gasteiger partial charge in [0.15, 0.2) is 0 Å². The monoisotopic (exact) mass is 183 g/mol. The Morgan fingerprint density at radius 1 is 0.923 bits per heavy atom. The molecule has 0 radical (unpaired) electrons. The van der Waals surface area contributed by atoms with E-state index >= 15 is 0 Å². The van der Waals surface area contributed by atoms with Crippen LogP contribution in [0.2, 0.25) is 0 Å². The summed E-state index contributed by atoms with van der Waals surface area (Å²) in [6.45, 7) is 4.49. The molecule has 2 rings (SSSR count). The van der Waals surface area contributed by atoms with Gasteiger partial charge < -0.3 is 10.1 Å². The fourth-order valence-corrected chi connectivity index (χ4v) is 2.64. The summed E-state index contributed by atoms with van der Waals surface area (Å²) < 4.78 is 5.40. The van der Waals surface area contributed by atoms with Gasteiger partial charge in [-0.05, 0) is 50.6 Å². The van der Waals surface area contributed by atoms with Crippen LogP contribution in [0.4, 0.5) is 0 Å². The van der Waals surface area contributed by atoms with E-state index in [1.165, 1.54) is 45.2 Å². The Bertz CT molecular complexity index is 135. The Hall–Kier alpha value is -0.0800. The van der Waals surface area contributed by atoms with Gasteiger partial charge in [0.2, 0.25) is 0 Å². The minimum Gasteiger partial charge on any atom is -0.381 e. The van der Waals surface area contributed by atoms with Crippen molar-refractivity contribution in [1.82, 2.24) is 5.32 Å². The Morgan fingerprint density at radius 2 is 1.77 bits per heavy atom. The molecule has 2 aliphatic rings. The first-order valence-corrected chi connectivity index (χ1v) is 5.75. The molecule has 2 nitrogen and oxygen atoms in total. The maximum Gasteiger partial charge on any atom is 0.0468 e. The molecule has 0 aromatic carbocycles. The molecule has 0 bridgehead atoms. The zero-order valence-electron chi connectivity index (χ0n) is 8.43. The first kappa shape index (κ1) is 9.47. The predicted octanol–water partition coefficient (Wildman–Crippen LogP) is 1.80. The Balaban J connectivity index is 1.82. The van der Waals surface area contributed by atoms with E-state index in [4.69, 9.17) is 4.74 Å². The van der Waals surface area contributed by atoms with Gasteiger partial charge in [-0.25, -0.2) is 0 Å². The van der Waals surface area contributed by atoms with E-state index < -0.39 is 0 Å². The maximum atomic E-state index is 5.40. The number of ether oxygens (including phenoxy) is 1. The third-order valence-corrected chi connectivity index (χ3v) is 3.52. The van der Waals surface area contributed by atoms with E-state index in [1.807, 2.05) is 0 Å². The van der Waals surface area contributed by atoms with Gasteiger partial charge in [-0.3, -0.25) is 0 Å². The van der Waals surface area contributed by atoms with Crippen molar-refractivity contribution in [3.8, 4) is 0 Å². The highest BCUT2D eigenvalue weighted by Gasteiger charge is 2.24.